The van der Waals surface area contributed by atoms with Gasteiger partial charge in [-0.05, 0) is 5.92 Å². The zero-order valence-corrected chi connectivity index (χ0v) is 3.86. The number of hydrogen-bond donors (Lipinski definition) is 0. The lowest BCUT2D eigenvalue weighted by atomic mass is 9.99. The van der Waals surface area contributed by atoms with E-state index in [-0.39, 0.29) is 0 Å². The Morgan fingerprint density at radius 2 is 2.57 bits per heavy atom. The third-order valence-corrected chi connectivity index (χ3v) is 2.90. The predicted molar refractivity (Wildman–Crippen MR) is 25.1 cm³/mol. The molecule has 0 aromatic rings. The Hall–Kier alpha value is -0.260. The van der Waals surface area contributed by atoms with Gasteiger partial charge in [-0.15, -0.1) is 0 Å². The Balaban J connectivity index is 2.31. The van der Waals surface area contributed by atoms with E-state index in [2.05, 4.69) is 0 Å². The van der Waals surface area contributed by atoms with Gasteiger partial charge >= 0.3 is 0 Å². The maximum absolute atomic E-state index is 1.83. The smallest absolute Gasteiger partial charge is 0.0293 e. The molecule has 0 aromatic heterocycles. The lowest BCUT2D eigenvalue weighted by Crippen LogP contribution is -1.97. The predicted octanol–water partition coefficient (Wildman–Crippen LogP) is 1.11. The van der Waals surface area contributed by atoms with Crippen LogP contribution in [0.1, 0.15) is 6.42 Å². The van der Waals surface area contributed by atoms with Crippen molar-refractivity contribution in [3.05, 3.63) is 23.0 Å². The van der Waals surface area contributed by atoms with Gasteiger partial charge in [0.2, 0.25) is 0 Å². The lowest BCUT2D eigenvalue weighted by Gasteiger charge is -2.14. The summed E-state index contributed by atoms with van der Waals surface area (Å²) in [6.45, 7) is 0. The molecule has 33 valence electrons. The summed E-state index contributed by atoms with van der Waals surface area (Å²) in [6, 6.07) is 0. The molecule has 3 saturated carbocycles. The van der Waals surface area contributed by atoms with Crippen LogP contribution in [0.2, 0.25) is 0 Å². The van der Waals surface area contributed by atoms with Gasteiger partial charge in [-0.25, -0.2) is 0 Å². The fraction of sp³-hybridized carbons (Fsp3) is 0.429. The molecule has 7 heavy (non-hydrogen) atoms. The minimum absolute atomic E-state index is 1.07. The zero-order valence-electron chi connectivity index (χ0n) is 3.86. The van der Waals surface area contributed by atoms with Crippen molar-refractivity contribution >= 4 is 0 Å². The first kappa shape index (κ1) is 2.34. The number of hydrogen-bond acceptors (Lipinski definition) is 0. The third kappa shape index (κ3) is 0.0797. The Morgan fingerprint density at radius 3 is 2.71 bits per heavy atom. The van der Waals surface area contributed by atoms with Crippen LogP contribution in [0.25, 0.3) is 0 Å². The molecule has 0 aromatic carbocycles. The van der Waals surface area contributed by atoms with Crippen LogP contribution in [0.5, 0.6) is 0 Å². The van der Waals surface area contributed by atoms with E-state index >= 15 is 0 Å². The normalized spacial score (nSPS) is 60.0. The second kappa shape index (κ2) is 0.367. The molecule has 0 saturated heterocycles. The topological polar surface area (TPSA) is 0 Å². The van der Waals surface area contributed by atoms with E-state index in [1.807, 2.05) is 11.5 Å². The monoisotopic (exact) mass is 88.0 g/mol. The summed E-state index contributed by atoms with van der Waals surface area (Å²) in [5, 5.41) is 0. The zero-order chi connectivity index (χ0) is 4.17. The molecule has 2 atom stereocenters. The average molecular weight is 88.1 g/mol. The summed E-state index contributed by atoms with van der Waals surface area (Å²) in [5.74, 6) is 5.78. The highest BCUT2D eigenvalue weighted by atomic mass is 14.8. The first-order valence-electron chi connectivity index (χ1n) is 2.95. The van der Waals surface area contributed by atoms with Crippen LogP contribution < -0.4 is 0 Å². The van der Waals surface area contributed by atoms with Crippen molar-refractivity contribution in [1.82, 2.24) is 0 Å². The molecule has 0 N–H and O–H groups in total. The molecule has 2 bridgehead atoms. The Kier molecular flexibility index (Phi) is 0.123. The molecular formula is C7H4-. The highest BCUT2D eigenvalue weighted by Gasteiger charge is 2.68. The molecule has 5 aliphatic rings. The first-order valence-corrected chi connectivity index (χ1v) is 2.95. The fourth-order valence-corrected chi connectivity index (χ4v) is 2.51. The summed E-state index contributed by atoms with van der Waals surface area (Å²) in [7, 11) is 0. The summed E-state index contributed by atoms with van der Waals surface area (Å²) in [4.78, 5) is 0. The van der Waals surface area contributed by atoms with E-state index in [1.54, 1.807) is 11.5 Å². The highest BCUT2D eigenvalue weighted by Crippen LogP contribution is 2.90. The Bertz CT molecular complexity index is 199. The summed E-state index contributed by atoms with van der Waals surface area (Å²) in [6.07, 6.45) is 1.42. The minimum atomic E-state index is 1.07. The Morgan fingerprint density at radius 1 is 1.57 bits per heavy atom. The molecular weight excluding hydrogens is 84.1 g/mol. The van der Waals surface area contributed by atoms with Gasteiger partial charge in [0.15, 0.2) is 0 Å². The molecule has 0 heterocycles. The molecule has 1 radical (unpaired) electrons. The summed E-state index contributed by atoms with van der Waals surface area (Å²) >= 11 is 0. The second-order valence-electron chi connectivity index (χ2n) is 3.01. The lowest BCUT2D eigenvalue weighted by molar-refractivity contribution is 0.722. The van der Waals surface area contributed by atoms with Crippen molar-refractivity contribution < 1.29 is 0 Å². The van der Waals surface area contributed by atoms with Gasteiger partial charge in [0, 0.05) is 0 Å². The molecule has 0 amide bonds. The average Bonchev–Trinajstić information content (AvgIpc) is 2.18. The largest absolute Gasteiger partial charge is 0.301 e. The standard InChI is InChI=1S/C7H4/c1-2-4-5(2)7-3(1)6(4)7/h4,6H,1H2/q-1. The van der Waals surface area contributed by atoms with E-state index in [0.717, 1.165) is 11.8 Å². The van der Waals surface area contributed by atoms with Crippen molar-refractivity contribution in [1.29, 1.82) is 0 Å². The second-order valence-corrected chi connectivity index (χ2v) is 3.01. The molecule has 0 spiro atoms. The van der Waals surface area contributed by atoms with E-state index in [1.165, 1.54) is 6.42 Å². The number of allylic oxidation sites excluding steroid dienone is 2. The summed E-state index contributed by atoms with van der Waals surface area (Å²) in [5.41, 5.74) is 3.63. The molecule has 2 unspecified atom stereocenters. The van der Waals surface area contributed by atoms with Crippen LogP contribution in [0.15, 0.2) is 11.1 Å². The van der Waals surface area contributed by atoms with Crippen LogP contribution in [-0.4, -0.2) is 0 Å². The van der Waals surface area contributed by atoms with Crippen LogP contribution in [-0.2, 0) is 0 Å². The van der Waals surface area contributed by atoms with E-state index in [4.69, 9.17) is 0 Å². The van der Waals surface area contributed by atoms with Crippen molar-refractivity contribution in [2.24, 2.45) is 11.8 Å². The molecule has 3 fully saturated rings. The van der Waals surface area contributed by atoms with Crippen LogP contribution in [0.4, 0.5) is 0 Å². The van der Waals surface area contributed by atoms with Gasteiger partial charge in [-0.1, -0.05) is 11.1 Å². The van der Waals surface area contributed by atoms with E-state index in [0.29, 0.717) is 0 Å². The van der Waals surface area contributed by atoms with Gasteiger partial charge in [-0.2, -0.15) is 18.3 Å². The van der Waals surface area contributed by atoms with Gasteiger partial charge < -0.3 is 5.92 Å². The van der Waals surface area contributed by atoms with E-state index in [9.17, 15) is 0 Å². The molecule has 5 aliphatic carbocycles. The van der Waals surface area contributed by atoms with Gasteiger partial charge in [0.25, 0.3) is 0 Å². The van der Waals surface area contributed by atoms with Crippen LogP contribution in [0, 0.1) is 23.7 Å². The maximum atomic E-state index is 1.83. The van der Waals surface area contributed by atoms with Crippen molar-refractivity contribution in [2.45, 2.75) is 6.42 Å². The van der Waals surface area contributed by atoms with Crippen molar-refractivity contribution in [3.8, 4) is 0 Å². The first-order chi connectivity index (χ1) is 3.48. The van der Waals surface area contributed by atoms with Crippen LogP contribution in [0.3, 0.4) is 0 Å². The molecule has 0 heteroatoms. The fourth-order valence-electron chi connectivity index (χ4n) is 2.51. The quantitative estimate of drug-likeness (QED) is 0.389. The van der Waals surface area contributed by atoms with Crippen molar-refractivity contribution in [2.75, 3.05) is 0 Å². The van der Waals surface area contributed by atoms with E-state index < -0.39 is 0 Å². The molecule has 0 nitrogen and oxygen atoms in total. The van der Waals surface area contributed by atoms with Gasteiger partial charge in [0.05, 0.1) is 0 Å². The summed E-state index contributed by atoms with van der Waals surface area (Å²) < 4.78 is 0. The minimum Gasteiger partial charge on any atom is -0.301 e. The third-order valence-electron chi connectivity index (χ3n) is 2.90. The Labute approximate surface area is 42.2 Å². The maximum Gasteiger partial charge on any atom is -0.0293 e. The highest BCUT2D eigenvalue weighted by molar-refractivity contribution is 5.87. The SMILES string of the molecule is C1C2=C3[C]4[C-]1C4C23. The molecule has 5 rings (SSSR count). The van der Waals surface area contributed by atoms with Crippen molar-refractivity contribution in [3.63, 3.8) is 0 Å². The van der Waals surface area contributed by atoms with Crippen LogP contribution >= 0.6 is 0 Å². The molecule has 0 aliphatic heterocycles. The van der Waals surface area contributed by atoms with Gasteiger partial charge in [-0.3, -0.25) is 0 Å². The number of rotatable bonds is 0. The van der Waals surface area contributed by atoms with Gasteiger partial charge in [0.1, 0.15) is 0 Å².